The average molecular weight is 455 g/mol. The maximum atomic E-state index is 11.2. The number of rotatable bonds is 9. The van der Waals surface area contributed by atoms with Crippen molar-refractivity contribution >= 4 is 18.1 Å². The van der Waals surface area contributed by atoms with Gasteiger partial charge in [0.05, 0.1) is 18.3 Å². The third-order valence-corrected chi connectivity index (χ3v) is 5.81. The van der Waals surface area contributed by atoms with Crippen molar-refractivity contribution in [3.8, 4) is 0 Å². The zero-order valence-corrected chi connectivity index (χ0v) is 20.0. The number of hydrogen-bond donors (Lipinski definition) is 1. The first-order valence-electron chi connectivity index (χ1n) is 11.7. The Hall–Kier alpha value is -2.54. The fraction of sp³-hybridized carbons (Fsp3) is 0.481. The second kappa shape index (κ2) is 12.1. The zero-order chi connectivity index (χ0) is 23.8. The highest BCUT2D eigenvalue weighted by molar-refractivity contribution is 5.69. The molecule has 1 N–H and O–H groups in total. The molecule has 3 rings (SSSR count). The molecule has 6 heteroatoms. The first-order valence-corrected chi connectivity index (χ1v) is 11.7. The van der Waals surface area contributed by atoms with E-state index in [1.54, 1.807) is 0 Å². The highest BCUT2D eigenvalue weighted by Crippen LogP contribution is 2.32. The first kappa shape index (κ1) is 25.1. The number of pyridine rings is 1. The first-order chi connectivity index (χ1) is 15.8. The fourth-order valence-corrected chi connectivity index (χ4v) is 4.02. The van der Waals surface area contributed by atoms with Crippen molar-refractivity contribution in [3.05, 3.63) is 65.5 Å². The molecule has 0 radical (unpaired) electrons. The predicted molar refractivity (Wildman–Crippen MR) is 127 cm³/mol. The number of ether oxygens (including phenoxy) is 3. The minimum absolute atomic E-state index is 0.0235. The number of esters is 1. The van der Waals surface area contributed by atoms with Gasteiger partial charge in [0.25, 0.3) is 0 Å². The van der Waals surface area contributed by atoms with Crippen molar-refractivity contribution in [3.63, 3.8) is 0 Å². The molecule has 1 fully saturated rings. The molecule has 0 bridgehead atoms. The van der Waals surface area contributed by atoms with E-state index in [1.165, 1.54) is 6.92 Å². The number of carbonyl (C=O) groups excluding carboxylic acids is 1. The van der Waals surface area contributed by atoms with E-state index in [9.17, 15) is 9.90 Å². The lowest BCUT2D eigenvalue weighted by molar-refractivity contribution is -0.671. The van der Waals surface area contributed by atoms with Gasteiger partial charge in [0.1, 0.15) is 13.2 Å². The summed E-state index contributed by atoms with van der Waals surface area (Å²) in [6.07, 6.45) is 9.06. The van der Waals surface area contributed by atoms with Gasteiger partial charge < -0.3 is 19.3 Å². The summed E-state index contributed by atoms with van der Waals surface area (Å²) in [5.41, 5.74) is 3.19. The summed E-state index contributed by atoms with van der Waals surface area (Å²) >= 11 is 0. The fourth-order valence-electron chi connectivity index (χ4n) is 4.02. The molecule has 1 aliphatic rings. The minimum atomic E-state index is -0.599. The minimum Gasteiger partial charge on any atom is -0.462 e. The molecule has 1 aromatic heterocycles. The maximum absolute atomic E-state index is 11.2. The molecular weight excluding hydrogens is 418 g/mol. The van der Waals surface area contributed by atoms with Crippen molar-refractivity contribution in [1.82, 2.24) is 0 Å². The van der Waals surface area contributed by atoms with Gasteiger partial charge in [0.15, 0.2) is 18.7 Å². The van der Waals surface area contributed by atoms with Crippen LogP contribution in [0.5, 0.6) is 0 Å². The number of aryl methyl sites for hydroxylation is 1. The van der Waals surface area contributed by atoms with Crippen molar-refractivity contribution in [1.29, 1.82) is 0 Å². The van der Waals surface area contributed by atoms with E-state index in [1.807, 2.05) is 50.0 Å². The summed E-state index contributed by atoms with van der Waals surface area (Å²) in [4.78, 5) is 11.2. The molecule has 0 spiro atoms. The van der Waals surface area contributed by atoms with Crippen LogP contribution >= 0.6 is 0 Å². The van der Waals surface area contributed by atoms with Crippen LogP contribution in [-0.2, 0) is 26.1 Å². The van der Waals surface area contributed by atoms with Crippen molar-refractivity contribution in [2.45, 2.75) is 77.2 Å². The largest absolute Gasteiger partial charge is 0.462 e. The maximum Gasteiger partial charge on any atom is 0.302 e. The number of carbonyl (C=O) groups is 1. The van der Waals surface area contributed by atoms with Gasteiger partial charge in [0.2, 0.25) is 0 Å². The van der Waals surface area contributed by atoms with Crippen molar-refractivity contribution in [2.75, 3.05) is 0 Å². The molecule has 178 valence electrons. The normalized spacial score (nSPS) is 22.8. The number of hydrogen-bond acceptors (Lipinski definition) is 5. The van der Waals surface area contributed by atoms with Crippen LogP contribution in [0, 0.1) is 0 Å². The lowest BCUT2D eigenvalue weighted by Gasteiger charge is -2.35. The van der Waals surface area contributed by atoms with Gasteiger partial charge >= 0.3 is 5.97 Å². The van der Waals surface area contributed by atoms with Gasteiger partial charge in [-0.3, -0.25) is 4.79 Å². The SMILES string of the molecule is CCC(CC(O)CC1CC(C)OC(c2ccc(/C=C/c3cc[n+](C)cc3)cc2)O1)OC(C)=O. The summed E-state index contributed by atoms with van der Waals surface area (Å²) in [7, 11) is 2.00. The molecule has 5 atom stereocenters. The molecule has 0 amide bonds. The van der Waals surface area contributed by atoms with E-state index >= 15 is 0 Å². The Balaban J connectivity index is 1.57. The van der Waals surface area contributed by atoms with Gasteiger partial charge in [-0.2, -0.15) is 0 Å². The van der Waals surface area contributed by atoms with E-state index in [0.717, 1.165) is 16.7 Å². The van der Waals surface area contributed by atoms with Gasteiger partial charge in [-0.1, -0.05) is 43.3 Å². The topological polar surface area (TPSA) is 68.9 Å². The molecule has 0 aliphatic carbocycles. The Bertz CT molecular complexity index is 909. The van der Waals surface area contributed by atoms with Crippen LogP contribution < -0.4 is 4.57 Å². The quantitative estimate of drug-likeness (QED) is 0.450. The van der Waals surface area contributed by atoms with Crippen LogP contribution in [0.3, 0.4) is 0 Å². The molecule has 1 aromatic carbocycles. The van der Waals surface area contributed by atoms with Gasteiger partial charge in [-0.25, -0.2) is 4.57 Å². The highest BCUT2D eigenvalue weighted by Gasteiger charge is 2.31. The Labute approximate surface area is 196 Å². The monoisotopic (exact) mass is 454 g/mol. The Kier molecular flexibility index (Phi) is 9.18. The number of aromatic nitrogens is 1. The Morgan fingerprint density at radius 1 is 1.15 bits per heavy atom. The summed E-state index contributed by atoms with van der Waals surface area (Å²) in [6, 6.07) is 12.3. The van der Waals surface area contributed by atoms with Crippen LogP contribution in [0.2, 0.25) is 0 Å². The standard InChI is InChI=1S/C27H36NO5/c1-5-25(32-20(3)29)17-24(30)18-26-16-19(2)31-27(33-26)23-10-8-21(9-11-23)6-7-22-12-14-28(4)15-13-22/h6-15,19,24-27,30H,5,16-18H2,1-4H3/q+1/b7-6+. The number of nitrogens with zero attached hydrogens (tertiary/aromatic N) is 1. The van der Waals surface area contributed by atoms with E-state index < -0.39 is 12.4 Å². The molecule has 0 saturated carbocycles. The summed E-state index contributed by atoms with van der Waals surface area (Å²) in [5, 5.41) is 10.5. The van der Waals surface area contributed by atoms with E-state index in [0.29, 0.717) is 25.7 Å². The summed E-state index contributed by atoms with van der Waals surface area (Å²) in [5.74, 6) is -0.318. The third-order valence-electron chi connectivity index (χ3n) is 5.81. The highest BCUT2D eigenvalue weighted by atomic mass is 16.7. The smallest absolute Gasteiger partial charge is 0.302 e. The van der Waals surface area contributed by atoms with E-state index in [2.05, 4.69) is 36.4 Å². The zero-order valence-electron chi connectivity index (χ0n) is 20.0. The third kappa shape index (κ3) is 8.07. The molecule has 1 saturated heterocycles. The molecule has 2 heterocycles. The lowest BCUT2D eigenvalue weighted by atomic mass is 9.99. The van der Waals surface area contributed by atoms with E-state index in [-0.39, 0.29) is 24.3 Å². The molecule has 1 aliphatic heterocycles. The molecule has 2 aromatic rings. The molecular formula is C27H36NO5+. The number of aliphatic hydroxyl groups excluding tert-OH is 1. The van der Waals surface area contributed by atoms with Crippen LogP contribution in [0.15, 0.2) is 48.8 Å². The van der Waals surface area contributed by atoms with Gasteiger partial charge in [-0.05, 0) is 37.3 Å². The Morgan fingerprint density at radius 2 is 1.79 bits per heavy atom. The summed E-state index contributed by atoms with van der Waals surface area (Å²) < 4.78 is 19.5. The van der Waals surface area contributed by atoms with Crippen LogP contribution in [0.1, 0.15) is 69.4 Å². The average Bonchev–Trinajstić information content (AvgIpc) is 2.78. The van der Waals surface area contributed by atoms with Crippen molar-refractivity contribution in [2.24, 2.45) is 7.05 Å². The van der Waals surface area contributed by atoms with Gasteiger partial charge in [0, 0.05) is 31.0 Å². The molecule has 5 unspecified atom stereocenters. The van der Waals surface area contributed by atoms with Gasteiger partial charge in [-0.15, -0.1) is 0 Å². The predicted octanol–water partition coefficient (Wildman–Crippen LogP) is 4.36. The van der Waals surface area contributed by atoms with Crippen LogP contribution in [0.25, 0.3) is 12.2 Å². The second-order valence-corrected chi connectivity index (χ2v) is 8.83. The molecule has 33 heavy (non-hydrogen) atoms. The number of aliphatic hydroxyl groups is 1. The Morgan fingerprint density at radius 3 is 2.39 bits per heavy atom. The van der Waals surface area contributed by atoms with Crippen LogP contribution in [-0.4, -0.2) is 35.5 Å². The van der Waals surface area contributed by atoms with E-state index in [4.69, 9.17) is 14.2 Å². The summed E-state index contributed by atoms with van der Waals surface area (Å²) in [6.45, 7) is 5.37. The molecule has 6 nitrogen and oxygen atoms in total. The van der Waals surface area contributed by atoms with Crippen molar-refractivity contribution < 1.29 is 28.7 Å². The lowest BCUT2D eigenvalue weighted by Crippen LogP contribution is -2.35. The van der Waals surface area contributed by atoms with Crippen LogP contribution in [0.4, 0.5) is 0 Å². The second-order valence-electron chi connectivity index (χ2n) is 8.83. The number of benzene rings is 1.